The van der Waals surface area contributed by atoms with Crippen molar-refractivity contribution in [3.8, 4) is 5.75 Å². The highest BCUT2D eigenvalue weighted by atomic mass is 79.9. The molecule has 0 aliphatic rings. The molecule has 0 aliphatic heterocycles. The number of hydrogen-bond donors (Lipinski definition) is 1. The lowest BCUT2D eigenvalue weighted by Crippen LogP contribution is -2.32. The summed E-state index contributed by atoms with van der Waals surface area (Å²) in [4.78, 5) is 39.1. The molecule has 0 bridgehead atoms. The van der Waals surface area contributed by atoms with Crippen LogP contribution in [0.5, 0.6) is 5.75 Å². The maximum absolute atomic E-state index is 12.5. The molecule has 0 amide bonds. The highest BCUT2D eigenvalue weighted by Crippen LogP contribution is 2.35. The van der Waals surface area contributed by atoms with Crippen molar-refractivity contribution in [1.29, 1.82) is 0 Å². The first-order valence-electron chi connectivity index (χ1n) is 8.92. The van der Waals surface area contributed by atoms with Gasteiger partial charge in [0.25, 0.3) is 5.56 Å². The largest absolute Gasteiger partial charge is 0.476 e. The lowest BCUT2D eigenvalue weighted by molar-refractivity contribution is -0.150. The fourth-order valence-corrected chi connectivity index (χ4v) is 3.59. The van der Waals surface area contributed by atoms with Gasteiger partial charge in [-0.3, -0.25) is 4.79 Å². The van der Waals surface area contributed by atoms with E-state index in [1.165, 1.54) is 12.3 Å². The van der Waals surface area contributed by atoms with Gasteiger partial charge in [0.05, 0.1) is 33.2 Å². The Hall–Kier alpha value is -2.91. The Morgan fingerprint density at radius 1 is 1.33 bits per heavy atom. The number of nitrogens with one attached hydrogen (secondary N) is 1. The van der Waals surface area contributed by atoms with Crippen LogP contribution in [0, 0.1) is 0 Å². The Morgan fingerprint density at radius 2 is 2.07 bits per heavy atom. The molecule has 0 saturated heterocycles. The van der Waals surface area contributed by atoms with Gasteiger partial charge >= 0.3 is 11.7 Å². The van der Waals surface area contributed by atoms with Crippen LogP contribution < -0.4 is 16.0 Å². The summed E-state index contributed by atoms with van der Waals surface area (Å²) in [7, 11) is 0. The maximum atomic E-state index is 12.5. The van der Waals surface area contributed by atoms with Crippen molar-refractivity contribution in [2.45, 2.75) is 20.0 Å². The number of carbonyl (C=O) groups excluding carboxylic acids is 1. The molecule has 1 N–H and O–H groups in total. The van der Waals surface area contributed by atoms with Crippen molar-refractivity contribution in [2.24, 2.45) is 5.10 Å². The molecular formula is C20H17BrClN3O5. The predicted molar refractivity (Wildman–Crippen MR) is 118 cm³/mol. The van der Waals surface area contributed by atoms with Gasteiger partial charge in [-0.15, -0.1) is 4.68 Å². The fourth-order valence-electron chi connectivity index (χ4n) is 2.63. The molecule has 0 saturated carbocycles. The molecule has 1 aromatic heterocycles. The number of H-pyrrole nitrogens is 1. The number of ether oxygens (including phenoxy) is 2. The van der Waals surface area contributed by atoms with E-state index >= 15 is 0 Å². The van der Waals surface area contributed by atoms with Crippen molar-refractivity contribution < 1.29 is 14.3 Å². The van der Waals surface area contributed by atoms with Crippen molar-refractivity contribution in [3.63, 3.8) is 0 Å². The van der Waals surface area contributed by atoms with Gasteiger partial charge in [0.15, 0.2) is 11.9 Å². The van der Waals surface area contributed by atoms with Crippen LogP contribution in [0.4, 0.5) is 0 Å². The normalized spacial score (nSPS) is 12.3. The number of para-hydroxylation sites is 1. The zero-order chi connectivity index (χ0) is 21.8. The summed E-state index contributed by atoms with van der Waals surface area (Å²) in [5, 5.41) is 4.54. The Bertz CT molecular complexity index is 1230. The molecule has 0 fully saturated rings. The number of hydrogen-bond acceptors (Lipinski definition) is 6. The van der Waals surface area contributed by atoms with Crippen molar-refractivity contribution in [3.05, 3.63) is 72.3 Å². The van der Waals surface area contributed by atoms with Crippen LogP contribution >= 0.6 is 27.5 Å². The third-order valence-corrected chi connectivity index (χ3v) is 4.91. The van der Waals surface area contributed by atoms with E-state index in [2.05, 4.69) is 26.0 Å². The number of esters is 1. The van der Waals surface area contributed by atoms with Crippen LogP contribution in [0.25, 0.3) is 10.9 Å². The van der Waals surface area contributed by atoms with Gasteiger partial charge in [-0.2, -0.15) is 5.10 Å². The van der Waals surface area contributed by atoms with Crippen LogP contribution in [0.15, 0.2) is 55.6 Å². The van der Waals surface area contributed by atoms with Gasteiger partial charge < -0.3 is 14.5 Å². The summed E-state index contributed by atoms with van der Waals surface area (Å²) in [5.74, 6) is -0.254. The number of aromatic nitrogens is 2. The highest BCUT2D eigenvalue weighted by Gasteiger charge is 2.19. The standard InChI is InChI=1S/C20H17BrClN3O5/c1-3-29-19(27)11(2)30-17-14(21)8-12(9-15(17)22)10-23-25-18(26)13-6-4-5-7-16(13)24-20(25)28/h4-11H,3H2,1-2H3,(H,24,28)/t11-/m0/s1. The first-order valence-corrected chi connectivity index (χ1v) is 10.1. The fraction of sp³-hybridized carbons (Fsp3) is 0.200. The monoisotopic (exact) mass is 493 g/mol. The number of carbonyl (C=O) groups is 1. The SMILES string of the molecule is CCOC(=O)[C@H](C)Oc1c(Cl)cc(C=Nn2c(=O)[nH]c3ccccc3c2=O)cc1Br. The molecule has 0 radical (unpaired) electrons. The number of fused-ring (bicyclic) bond motifs is 1. The quantitative estimate of drug-likeness (QED) is 0.418. The summed E-state index contributed by atoms with van der Waals surface area (Å²) in [6.45, 7) is 3.49. The zero-order valence-electron chi connectivity index (χ0n) is 16.0. The Balaban J connectivity index is 1.91. The molecule has 30 heavy (non-hydrogen) atoms. The molecule has 3 rings (SSSR count). The molecule has 10 heteroatoms. The van der Waals surface area contributed by atoms with Crippen molar-refractivity contribution in [2.75, 3.05) is 6.61 Å². The Labute approximate surface area is 184 Å². The van der Waals surface area contributed by atoms with E-state index in [0.29, 0.717) is 20.9 Å². The summed E-state index contributed by atoms with van der Waals surface area (Å²) in [6, 6.07) is 9.81. The van der Waals surface area contributed by atoms with E-state index in [0.717, 1.165) is 4.68 Å². The van der Waals surface area contributed by atoms with Gasteiger partial charge in [-0.05, 0) is 59.6 Å². The van der Waals surface area contributed by atoms with Crippen LogP contribution in [-0.2, 0) is 9.53 Å². The average Bonchev–Trinajstić information content (AvgIpc) is 2.70. The van der Waals surface area contributed by atoms with Crippen molar-refractivity contribution in [1.82, 2.24) is 9.66 Å². The molecular weight excluding hydrogens is 478 g/mol. The second-order valence-corrected chi connectivity index (χ2v) is 7.42. The summed E-state index contributed by atoms with van der Waals surface area (Å²) >= 11 is 9.62. The number of benzene rings is 2. The minimum absolute atomic E-state index is 0.210. The first-order chi connectivity index (χ1) is 14.3. The molecule has 0 spiro atoms. The molecule has 1 heterocycles. The van der Waals surface area contributed by atoms with Gasteiger partial charge in [-0.25, -0.2) is 9.59 Å². The lowest BCUT2D eigenvalue weighted by Gasteiger charge is -2.16. The van der Waals surface area contributed by atoms with Crippen LogP contribution in [0.1, 0.15) is 19.4 Å². The molecule has 0 aliphatic carbocycles. The van der Waals surface area contributed by atoms with E-state index in [1.54, 1.807) is 44.2 Å². The Kier molecular flexibility index (Phi) is 6.73. The number of rotatable bonds is 6. The molecule has 156 valence electrons. The third kappa shape index (κ3) is 4.63. The number of nitrogens with zero attached hydrogens (tertiary/aromatic N) is 2. The molecule has 3 aromatic rings. The van der Waals surface area contributed by atoms with E-state index in [-0.39, 0.29) is 17.4 Å². The van der Waals surface area contributed by atoms with Crippen LogP contribution in [0.2, 0.25) is 5.02 Å². The maximum Gasteiger partial charge on any atom is 0.349 e. The van der Waals surface area contributed by atoms with Crippen LogP contribution in [-0.4, -0.2) is 34.6 Å². The van der Waals surface area contributed by atoms with E-state index < -0.39 is 23.3 Å². The summed E-state index contributed by atoms with van der Waals surface area (Å²) in [5.41, 5.74) is -0.272. The molecule has 0 unspecified atom stereocenters. The topological polar surface area (TPSA) is 103 Å². The van der Waals surface area contributed by atoms with Gasteiger partial charge in [0, 0.05) is 0 Å². The second kappa shape index (κ2) is 9.27. The van der Waals surface area contributed by atoms with Gasteiger partial charge in [-0.1, -0.05) is 23.7 Å². The van der Waals surface area contributed by atoms with E-state index in [1.807, 2.05) is 0 Å². The van der Waals surface area contributed by atoms with E-state index in [9.17, 15) is 14.4 Å². The number of aromatic amines is 1. The minimum atomic E-state index is -0.854. The second-order valence-electron chi connectivity index (χ2n) is 6.16. The average molecular weight is 495 g/mol. The van der Waals surface area contributed by atoms with Crippen molar-refractivity contribution >= 4 is 50.6 Å². The summed E-state index contributed by atoms with van der Waals surface area (Å²) in [6.07, 6.45) is 0.466. The predicted octanol–water partition coefficient (Wildman–Crippen LogP) is 3.32. The minimum Gasteiger partial charge on any atom is -0.476 e. The third-order valence-electron chi connectivity index (χ3n) is 4.04. The van der Waals surface area contributed by atoms with Gasteiger partial charge in [0.2, 0.25) is 0 Å². The van der Waals surface area contributed by atoms with Gasteiger partial charge in [0.1, 0.15) is 0 Å². The Morgan fingerprint density at radius 3 is 2.77 bits per heavy atom. The smallest absolute Gasteiger partial charge is 0.349 e. The summed E-state index contributed by atoms with van der Waals surface area (Å²) < 4.78 is 11.7. The highest BCUT2D eigenvalue weighted by molar-refractivity contribution is 9.10. The zero-order valence-corrected chi connectivity index (χ0v) is 18.4. The molecule has 1 atom stereocenters. The molecule has 8 nitrogen and oxygen atoms in total. The van der Waals surface area contributed by atoms with Crippen LogP contribution in [0.3, 0.4) is 0 Å². The first kappa shape index (κ1) is 21.8. The molecule has 2 aromatic carbocycles. The lowest BCUT2D eigenvalue weighted by atomic mass is 10.2. The van der Waals surface area contributed by atoms with E-state index in [4.69, 9.17) is 21.1 Å². The number of halogens is 2.